The van der Waals surface area contributed by atoms with Crippen molar-refractivity contribution in [2.75, 3.05) is 0 Å². The van der Waals surface area contributed by atoms with Crippen molar-refractivity contribution in [3.8, 4) is 5.95 Å². The van der Waals surface area contributed by atoms with Gasteiger partial charge in [-0.25, -0.2) is 9.97 Å². The largest absolute Gasteiger partial charge is 0.308 e. The summed E-state index contributed by atoms with van der Waals surface area (Å²) >= 11 is 0. The van der Waals surface area contributed by atoms with Crippen LogP contribution in [0.15, 0.2) is 109 Å². The van der Waals surface area contributed by atoms with E-state index in [4.69, 9.17) is 16.5 Å². The van der Waals surface area contributed by atoms with E-state index in [0.717, 1.165) is 32.2 Å². The van der Waals surface area contributed by atoms with Gasteiger partial charge in [-0.2, -0.15) is 4.98 Å². The first kappa shape index (κ1) is 22.3. The molecule has 41 heavy (non-hydrogen) atoms. The molecule has 4 aromatic carbocycles. The predicted molar refractivity (Wildman–Crippen MR) is 167 cm³/mol. The fraction of sp³-hybridized carbons (Fsp3) is 0.0278. The summed E-state index contributed by atoms with van der Waals surface area (Å²) in [6, 6.07) is 34.3. The Labute approximate surface area is 233 Å². The van der Waals surface area contributed by atoms with Crippen molar-refractivity contribution < 1.29 is 0 Å². The second-order valence-corrected chi connectivity index (χ2v) is 10.7. The minimum absolute atomic E-state index is 0.567. The standard InChI is InChI=1S/C36H23N5/c1-21-26-13-5-7-15-29(26)41-30-16-8-6-14-27(30)33(34(21)41)32-22(2)40(36-38-20-25-12-9-17-37-35(25)39-36)31-19-24-11-4-3-10-23(24)18-28(31)32/h3-20H,2H2,1H3/b33-32+. The quantitative estimate of drug-likeness (QED) is 0.224. The minimum Gasteiger partial charge on any atom is -0.308 e. The van der Waals surface area contributed by atoms with Gasteiger partial charge in [-0.05, 0) is 59.7 Å². The number of hydrogen-bond acceptors (Lipinski definition) is 3. The first-order chi connectivity index (χ1) is 20.2. The van der Waals surface area contributed by atoms with Gasteiger partial charge in [0.1, 0.15) is 0 Å². The number of pyridine rings is 1. The zero-order valence-electron chi connectivity index (χ0n) is 22.3. The van der Waals surface area contributed by atoms with Gasteiger partial charge < -0.3 is 4.40 Å². The third kappa shape index (κ3) is 2.92. The number of benzene rings is 4. The summed E-state index contributed by atoms with van der Waals surface area (Å²) in [5.41, 5.74) is 6.57. The van der Waals surface area contributed by atoms with Crippen LogP contribution in [0.1, 0.15) is 5.56 Å². The molecule has 0 bridgehead atoms. The van der Waals surface area contributed by atoms with Crippen LogP contribution in [-0.2, 0) is 0 Å². The van der Waals surface area contributed by atoms with E-state index in [0.29, 0.717) is 11.6 Å². The summed E-state index contributed by atoms with van der Waals surface area (Å²) in [7, 11) is 0. The molecule has 9 rings (SSSR count). The van der Waals surface area contributed by atoms with Crippen LogP contribution in [0.3, 0.4) is 0 Å². The van der Waals surface area contributed by atoms with Gasteiger partial charge in [0.05, 0.1) is 27.4 Å². The van der Waals surface area contributed by atoms with E-state index in [1.54, 1.807) is 6.20 Å². The van der Waals surface area contributed by atoms with Gasteiger partial charge in [-0.3, -0.25) is 4.57 Å². The van der Waals surface area contributed by atoms with E-state index >= 15 is 0 Å². The van der Waals surface area contributed by atoms with Crippen LogP contribution >= 0.6 is 0 Å². The Morgan fingerprint density at radius 1 is 0.634 bits per heavy atom. The van der Waals surface area contributed by atoms with Crippen molar-refractivity contribution in [1.82, 2.24) is 23.9 Å². The molecule has 5 nitrogen and oxygen atoms in total. The summed E-state index contributed by atoms with van der Waals surface area (Å²) in [4.78, 5) is 14.2. The van der Waals surface area contributed by atoms with E-state index in [-0.39, 0.29) is 0 Å². The molecule has 5 aromatic heterocycles. The van der Waals surface area contributed by atoms with Crippen LogP contribution in [0.2, 0.25) is 0 Å². The molecule has 0 saturated carbocycles. The molecule has 9 aromatic rings. The molecule has 0 aliphatic rings. The molecule has 0 unspecified atom stereocenters. The predicted octanol–water partition coefficient (Wildman–Crippen LogP) is 7.41. The van der Waals surface area contributed by atoms with Crippen molar-refractivity contribution in [3.05, 3.63) is 131 Å². The minimum atomic E-state index is 0.567. The number of aromatic nitrogens is 5. The lowest BCUT2D eigenvalue weighted by Crippen LogP contribution is -2.16. The van der Waals surface area contributed by atoms with E-state index in [9.17, 15) is 0 Å². The summed E-state index contributed by atoms with van der Waals surface area (Å²) in [5, 5.41) is 9.99. The second-order valence-electron chi connectivity index (χ2n) is 10.7. The highest BCUT2D eigenvalue weighted by molar-refractivity contribution is 6.04. The van der Waals surface area contributed by atoms with Crippen LogP contribution < -0.4 is 5.35 Å². The number of rotatable bonds is 1. The summed E-state index contributed by atoms with van der Waals surface area (Å²) < 4.78 is 4.51. The van der Waals surface area contributed by atoms with Crippen molar-refractivity contribution >= 4 is 66.6 Å². The average molecular weight is 526 g/mol. The highest BCUT2D eigenvalue weighted by atomic mass is 15.2. The van der Waals surface area contributed by atoms with Gasteiger partial charge in [-0.15, -0.1) is 0 Å². The molecular formula is C36H23N5. The average Bonchev–Trinajstić information content (AvgIpc) is 3.60. The summed E-state index contributed by atoms with van der Waals surface area (Å²) in [6.07, 6.45) is 3.61. The number of fused-ring (bicyclic) bond motifs is 8. The Morgan fingerprint density at radius 2 is 1.32 bits per heavy atom. The number of para-hydroxylation sites is 2. The zero-order valence-corrected chi connectivity index (χ0v) is 22.3. The third-order valence-electron chi connectivity index (χ3n) is 8.50. The zero-order chi connectivity index (χ0) is 27.2. The topological polar surface area (TPSA) is 48.0 Å². The molecule has 0 fully saturated rings. The Hall–Kier alpha value is -5.55. The normalized spacial score (nSPS) is 13.0. The molecule has 0 aliphatic carbocycles. The first-order valence-corrected chi connectivity index (χ1v) is 13.7. The fourth-order valence-corrected chi connectivity index (χ4v) is 6.71. The number of nitrogens with zero attached hydrogens (tertiary/aromatic N) is 5. The molecule has 0 atom stereocenters. The van der Waals surface area contributed by atoms with Gasteiger partial charge in [0.2, 0.25) is 5.95 Å². The maximum absolute atomic E-state index is 4.90. The van der Waals surface area contributed by atoms with E-state index in [1.807, 2.05) is 18.3 Å². The Kier molecular flexibility index (Phi) is 4.34. The van der Waals surface area contributed by atoms with Gasteiger partial charge in [0.15, 0.2) is 5.65 Å². The maximum atomic E-state index is 4.90. The van der Waals surface area contributed by atoms with Crippen LogP contribution in [0, 0.1) is 17.4 Å². The Bertz CT molecular complexity index is 2680. The van der Waals surface area contributed by atoms with Crippen molar-refractivity contribution in [3.63, 3.8) is 0 Å². The lowest BCUT2D eigenvalue weighted by molar-refractivity contribution is 0.946. The molecular weight excluding hydrogens is 502 g/mol. The third-order valence-corrected chi connectivity index (χ3v) is 8.50. The van der Waals surface area contributed by atoms with Gasteiger partial charge in [0, 0.05) is 44.4 Å². The molecule has 0 radical (unpaired) electrons. The molecule has 0 saturated heterocycles. The molecule has 0 amide bonds. The molecule has 0 aliphatic heterocycles. The highest BCUT2D eigenvalue weighted by Crippen LogP contribution is 2.35. The van der Waals surface area contributed by atoms with Crippen LogP contribution in [0.4, 0.5) is 0 Å². The fourth-order valence-electron chi connectivity index (χ4n) is 6.71. The molecule has 192 valence electrons. The molecule has 5 heteroatoms. The van der Waals surface area contributed by atoms with Gasteiger partial charge in [-0.1, -0.05) is 67.2 Å². The molecule has 0 N–H and O–H groups in total. The van der Waals surface area contributed by atoms with E-state index in [1.165, 1.54) is 43.5 Å². The Morgan fingerprint density at radius 3 is 2.15 bits per heavy atom. The van der Waals surface area contributed by atoms with Crippen LogP contribution in [0.25, 0.3) is 72.6 Å². The SMILES string of the molecule is C=c1/c(=c2/c3ccccc3n3c2c(C)c2ccccc23)c2cc3ccccc3cc2n1-c1ncc2cccnc2n1. The summed E-state index contributed by atoms with van der Waals surface area (Å²) in [5.74, 6) is 0.567. The Balaban J connectivity index is 1.60. The smallest absolute Gasteiger partial charge is 0.236 e. The lowest BCUT2D eigenvalue weighted by Gasteiger charge is -2.06. The molecule has 5 heterocycles. The summed E-state index contributed by atoms with van der Waals surface area (Å²) in [6.45, 7) is 6.94. The maximum Gasteiger partial charge on any atom is 0.236 e. The highest BCUT2D eigenvalue weighted by Gasteiger charge is 2.19. The van der Waals surface area contributed by atoms with Gasteiger partial charge in [0.25, 0.3) is 0 Å². The van der Waals surface area contributed by atoms with Crippen LogP contribution in [-0.4, -0.2) is 23.9 Å². The number of hydrogen-bond donors (Lipinski definition) is 0. The lowest BCUT2D eigenvalue weighted by atomic mass is 10.0. The van der Waals surface area contributed by atoms with Crippen molar-refractivity contribution in [1.29, 1.82) is 0 Å². The van der Waals surface area contributed by atoms with Crippen molar-refractivity contribution in [2.24, 2.45) is 0 Å². The second kappa shape index (κ2) is 7.99. The van der Waals surface area contributed by atoms with E-state index in [2.05, 4.69) is 106 Å². The van der Waals surface area contributed by atoms with Crippen molar-refractivity contribution in [2.45, 2.75) is 6.92 Å². The number of aryl methyl sites for hydroxylation is 1. The molecule has 0 spiro atoms. The van der Waals surface area contributed by atoms with E-state index < -0.39 is 0 Å². The first-order valence-electron chi connectivity index (χ1n) is 13.7. The van der Waals surface area contributed by atoms with Crippen LogP contribution in [0.5, 0.6) is 0 Å². The monoisotopic (exact) mass is 525 g/mol. The van der Waals surface area contributed by atoms with Gasteiger partial charge >= 0.3 is 0 Å².